The van der Waals surface area contributed by atoms with Crippen molar-refractivity contribution in [2.45, 2.75) is 6.92 Å². The van der Waals surface area contributed by atoms with Gasteiger partial charge >= 0.3 is 5.97 Å². The van der Waals surface area contributed by atoms with Gasteiger partial charge < -0.3 is 14.5 Å². The van der Waals surface area contributed by atoms with Gasteiger partial charge in [-0.15, -0.1) is 0 Å². The molecule has 0 aromatic heterocycles. The molecule has 1 fully saturated rings. The molecule has 0 atom stereocenters. The van der Waals surface area contributed by atoms with Gasteiger partial charge in [-0.2, -0.15) is 0 Å². The third kappa shape index (κ3) is 4.31. The highest BCUT2D eigenvalue weighted by atomic mass is 35.5. The minimum atomic E-state index is -0.668. The van der Waals surface area contributed by atoms with E-state index in [1.807, 2.05) is 0 Å². The minimum absolute atomic E-state index is 0.0609. The van der Waals surface area contributed by atoms with E-state index in [-0.39, 0.29) is 29.6 Å². The molecule has 1 aliphatic rings. The fraction of sp³-hybridized carbons (Fsp3) is 0.250. The molecule has 3 rings (SSSR count). The van der Waals surface area contributed by atoms with Crippen LogP contribution < -0.4 is 4.74 Å². The molecule has 0 aliphatic carbocycles. The fourth-order valence-electron chi connectivity index (χ4n) is 3.01. The van der Waals surface area contributed by atoms with Crippen LogP contribution in [-0.4, -0.2) is 53.8 Å². The molecule has 1 aliphatic heterocycles. The first-order valence-electron chi connectivity index (χ1n) is 8.68. The molecular weight excluding hydrogens is 387 g/mol. The van der Waals surface area contributed by atoms with E-state index in [0.29, 0.717) is 24.4 Å². The van der Waals surface area contributed by atoms with E-state index >= 15 is 0 Å². The van der Waals surface area contributed by atoms with Crippen LogP contribution in [0, 0.1) is 5.82 Å². The van der Waals surface area contributed by atoms with Crippen LogP contribution >= 0.6 is 11.6 Å². The van der Waals surface area contributed by atoms with Crippen molar-refractivity contribution in [1.29, 1.82) is 0 Å². The molecule has 146 valence electrons. The summed E-state index contributed by atoms with van der Waals surface area (Å²) < 4.78 is 19.0. The Morgan fingerprint density at radius 2 is 1.57 bits per heavy atom. The van der Waals surface area contributed by atoms with Gasteiger partial charge in [-0.1, -0.05) is 23.7 Å². The first kappa shape index (κ1) is 19.8. The SMILES string of the molecule is CC(=O)Oc1cccc(C(=O)N2CCN(C(=O)c3c(F)cccc3Cl)CC2)c1. The normalized spacial score (nSPS) is 14.0. The van der Waals surface area contributed by atoms with E-state index in [4.69, 9.17) is 16.3 Å². The van der Waals surface area contributed by atoms with Gasteiger partial charge in [0.05, 0.1) is 10.6 Å². The third-order valence-corrected chi connectivity index (χ3v) is 4.69. The lowest BCUT2D eigenvalue weighted by Crippen LogP contribution is -2.50. The van der Waals surface area contributed by atoms with E-state index < -0.39 is 17.7 Å². The number of halogens is 2. The Morgan fingerprint density at radius 1 is 0.964 bits per heavy atom. The summed E-state index contributed by atoms with van der Waals surface area (Å²) in [4.78, 5) is 39.4. The monoisotopic (exact) mass is 404 g/mol. The van der Waals surface area contributed by atoms with Crippen LogP contribution in [0.5, 0.6) is 5.75 Å². The van der Waals surface area contributed by atoms with Gasteiger partial charge in [0.2, 0.25) is 0 Å². The molecule has 1 saturated heterocycles. The van der Waals surface area contributed by atoms with Crippen LogP contribution in [0.15, 0.2) is 42.5 Å². The van der Waals surface area contributed by atoms with Crippen molar-refractivity contribution in [2.75, 3.05) is 26.2 Å². The standard InChI is InChI=1S/C20H18ClFN2O4/c1-13(25)28-15-5-2-4-14(12-15)19(26)23-8-10-24(11-9-23)20(27)18-16(21)6-3-7-17(18)22/h2-7,12H,8-11H2,1H3. The highest BCUT2D eigenvalue weighted by Crippen LogP contribution is 2.22. The molecule has 6 nitrogen and oxygen atoms in total. The lowest BCUT2D eigenvalue weighted by atomic mass is 10.1. The summed E-state index contributed by atoms with van der Waals surface area (Å²) in [5.74, 6) is -1.57. The van der Waals surface area contributed by atoms with Gasteiger partial charge in [0, 0.05) is 38.7 Å². The van der Waals surface area contributed by atoms with E-state index in [0.717, 1.165) is 0 Å². The molecular formula is C20H18ClFN2O4. The Labute approximate surface area is 166 Å². The molecule has 1 heterocycles. The van der Waals surface area contributed by atoms with Crippen LogP contribution in [0.1, 0.15) is 27.6 Å². The summed E-state index contributed by atoms with van der Waals surface area (Å²) in [5, 5.41) is 0.0609. The van der Waals surface area contributed by atoms with Gasteiger partial charge in [0.1, 0.15) is 11.6 Å². The number of benzene rings is 2. The van der Waals surface area contributed by atoms with E-state index in [9.17, 15) is 18.8 Å². The fourth-order valence-corrected chi connectivity index (χ4v) is 3.26. The number of esters is 1. The van der Waals surface area contributed by atoms with Crippen molar-refractivity contribution in [3.63, 3.8) is 0 Å². The number of ether oxygens (including phenoxy) is 1. The number of rotatable bonds is 3. The molecule has 0 spiro atoms. The minimum Gasteiger partial charge on any atom is -0.427 e. The van der Waals surface area contributed by atoms with Gasteiger partial charge in [0.25, 0.3) is 11.8 Å². The molecule has 0 unspecified atom stereocenters. The van der Waals surface area contributed by atoms with E-state index in [1.54, 1.807) is 23.1 Å². The van der Waals surface area contributed by atoms with Crippen molar-refractivity contribution < 1.29 is 23.5 Å². The number of nitrogens with zero attached hydrogens (tertiary/aromatic N) is 2. The van der Waals surface area contributed by atoms with Crippen LogP contribution in [0.3, 0.4) is 0 Å². The summed E-state index contributed by atoms with van der Waals surface area (Å²) in [6.07, 6.45) is 0. The van der Waals surface area contributed by atoms with Crippen molar-refractivity contribution >= 4 is 29.4 Å². The lowest BCUT2D eigenvalue weighted by molar-refractivity contribution is -0.131. The molecule has 2 aromatic rings. The summed E-state index contributed by atoms with van der Waals surface area (Å²) in [6, 6.07) is 10.4. The zero-order chi connectivity index (χ0) is 20.3. The van der Waals surface area contributed by atoms with Gasteiger partial charge in [-0.25, -0.2) is 4.39 Å². The molecule has 0 radical (unpaired) electrons. The number of carbonyl (C=O) groups is 3. The Hall–Kier alpha value is -2.93. The zero-order valence-electron chi connectivity index (χ0n) is 15.2. The average molecular weight is 405 g/mol. The van der Waals surface area contributed by atoms with Crippen LogP contribution in [0.4, 0.5) is 4.39 Å². The summed E-state index contributed by atoms with van der Waals surface area (Å²) in [7, 11) is 0. The topological polar surface area (TPSA) is 66.9 Å². The molecule has 2 aromatic carbocycles. The molecule has 2 amide bonds. The maximum absolute atomic E-state index is 14.0. The van der Waals surface area contributed by atoms with Crippen LogP contribution in [0.25, 0.3) is 0 Å². The van der Waals surface area contributed by atoms with Crippen molar-refractivity contribution in [3.05, 3.63) is 64.4 Å². The molecule has 8 heteroatoms. The summed E-state index contributed by atoms with van der Waals surface area (Å²) >= 11 is 5.97. The first-order valence-corrected chi connectivity index (χ1v) is 9.05. The van der Waals surface area contributed by atoms with Gasteiger partial charge in [0.15, 0.2) is 0 Å². The number of amides is 2. The molecule has 0 N–H and O–H groups in total. The second-order valence-corrected chi connectivity index (χ2v) is 6.71. The predicted octanol–water partition coefficient (Wildman–Crippen LogP) is 3.00. The summed E-state index contributed by atoms with van der Waals surface area (Å²) in [5.41, 5.74) is 0.230. The second-order valence-electron chi connectivity index (χ2n) is 6.30. The van der Waals surface area contributed by atoms with Crippen LogP contribution in [-0.2, 0) is 4.79 Å². The van der Waals surface area contributed by atoms with Crippen molar-refractivity contribution in [3.8, 4) is 5.75 Å². The number of piperazine rings is 1. The number of carbonyl (C=O) groups excluding carboxylic acids is 3. The maximum Gasteiger partial charge on any atom is 0.308 e. The molecule has 28 heavy (non-hydrogen) atoms. The van der Waals surface area contributed by atoms with E-state index in [1.165, 1.54) is 36.1 Å². The first-order chi connectivity index (χ1) is 13.4. The Balaban J connectivity index is 1.66. The quantitative estimate of drug-likeness (QED) is 0.582. The van der Waals surface area contributed by atoms with Crippen molar-refractivity contribution in [2.24, 2.45) is 0 Å². The van der Waals surface area contributed by atoms with Crippen molar-refractivity contribution in [1.82, 2.24) is 9.80 Å². The third-order valence-electron chi connectivity index (χ3n) is 4.37. The van der Waals surface area contributed by atoms with Gasteiger partial charge in [-0.3, -0.25) is 14.4 Å². The molecule has 0 bridgehead atoms. The second kappa shape index (κ2) is 8.39. The largest absolute Gasteiger partial charge is 0.427 e. The maximum atomic E-state index is 14.0. The van der Waals surface area contributed by atoms with E-state index in [2.05, 4.69) is 0 Å². The Morgan fingerprint density at radius 3 is 2.18 bits per heavy atom. The lowest BCUT2D eigenvalue weighted by Gasteiger charge is -2.35. The zero-order valence-corrected chi connectivity index (χ0v) is 15.9. The number of hydrogen-bond donors (Lipinski definition) is 0. The Bertz CT molecular complexity index is 906. The average Bonchev–Trinajstić information content (AvgIpc) is 2.67. The highest BCUT2D eigenvalue weighted by Gasteiger charge is 2.28. The predicted molar refractivity (Wildman–Crippen MR) is 101 cm³/mol. The number of hydrogen-bond acceptors (Lipinski definition) is 4. The Kier molecular flexibility index (Phi) is 5.94. The molecule has 0 saturated carbocycles. The smallest absolute Gasteiger partial charge is 0.308 e. The highest BCUT2D eigenvalue weighted by molar-refractivity contribution is 6.33. The summed E-state index contributed by atoms with van der Waals surface area (Å²) in [6.45, 7) is 2.41. The van der Waals surface area contributed by atoms with Gasteiger partial charge in [-0.05, 0) is 30.3 Å². The van der Waals surface area contributed by atoms with Crippen LogP contribution in [0.2, 0.25) is 5.02 Å².